The Balaban J connectivity index is 1.51. The maximum atomic E-state index is 14.8. The van der Waals surface area contributed by atoms with Crippen molar-refractivity contribution in [1.29, 1.82) is 0 Å². The van der Waals surface area contributed by atoms with Crippen molar-refractivity contribution < 1.29 is 18.7 Å². The van der Waals surface area contributed by atoms with Gasteiger partial charge in [0.15, 0.2) is 17.1 Å². The van der Waals surface area contributed by atoms with E-state index in [0.29, 0.717) is 44.8 Å². The van der Waals surface area contributed by atoms with Crippen molar-refractivity contribution in [2.45, 2.75) is 38.3 Å². The molecule has 1 saturated carbocycles. The van der Waals surface area contributed by atoms with Crippen LogP contribution in [0.5, 0.6) is 11.5 Å². The summed E-state index contributed by atoms with van der Waals surface area (Å²) >= 11 is 1.24. The molecule has 1 amide bonds. The van der Waals surface area contributed by atoms with E-state index in [1.165, 1.54) is 17.4 Å². The molecule has 1 aliphatic carbocycles. The molecule has 2 aromatic carbocycles. The molecule has 1 atom stereocenters. The number of amides is 1. The summed E-state index contributed by atoms with van der Waals surface area (Å²) < 4.78 is 29.6. The number of carbonyl (C=O) groups is 1. The fourth-order valence-electron chi connectivity index (χ4n) is 4.44. The summed E-state index contributed by atoms with van der Waals surface area (Å²) in [6.45, 7) is 1.29. The molecule has 0 saturated heterocycles. The van der Waals surface area contributed by atoms with Gasteiger partial charge < -0.3 is 25.5 Å². The van der Waals surface area contributed by atoms with Crippen LogP contribution in [0.25, 0.3) is 32.6 Å². The summed E-state index contributed by atoms with van der Waals surface area (Å²) in [4.78, 5) is 20.8. The molecule has 0 radical (unpaired) electrons. The predicted octanol–water partition coefficient (Wildman–Crippen LogP) is 3.85. The van der Waals surface area contributed by atoms with Gasteiger partial charge in [0.1, 0.15) is 28.4 Å². The van der Waals surface area contributed by atoms with Crippen LogP contribution in [0, 0.1) is 11.7 Å². The van der Waals surface area contributed by atoms with Gasteiger partial charge in [0.05, 0.1) is 16.8 Å². The number of anilines is 1. The molecule has 33 heavy (non-hydrogen) atoms. The first-order valence-electron chi connectivity index (χ1n) is 11.0. The molecular formula is C23H22FN5O3S. The molecule has 1 aliphatic heterocycles. The first-order valence-corrected chi connectivity index (χ1v) is 11.8. The first-order chi connectivity index (χ1) is 16.0. The number of primary amides is 1. The molecule has 2 aliphatic rings. The zero-order valence-electron chi connectivity index (χ0n) is 17.7. The zero-order chi connectivity index (χ0) is 22.7. The quantitative estimate of drug-likeness (QED) is 0.460. The second kappa shape index (κ2) is 7.58. The number of aromatic nitrogens is 3. The first kappa shape index (κ1) is 20.2. The highest BCUT2D eigenvalue weighted by molar-refractivity contribution is 7.22. The summed E-state index contributed by atoms with van der Waals surface area (Å²) in [5.74, 6) is 0.993. The lowest BCUT2D eigenvalue weighted by molar-refractivity contribution is -0.125. The third-order valence-corrected chi connectivity index (χ3v) is 6.96. The largest absolute Gasteiger partial charge is 0.491 e. The number of hydrogen-bond acceptors (Lipinski definition) is 7. The Morgan fingerprint density at radius 3 is 2.88 bits per heavy atom. The van der Waals surface area contributed by atoms with Crippen molar-refractivity contribution in [3.63, 3.8) is 0 Å². The minimum Gasteiger partial charge on any atom is -0.491 e. The maximum Gasteiger partial charge on any atom is 0.258 e. The fraction of sp³-hybridized carbons (Fsp3) is 0.348. The van der Waals surface area contributed by atoms with Gasteiger partial charge in [-0.1, -0.05) is 11.3 Å². The Morgan fingerprint density at radius 2 is 2.09 bits per heavy atom. The highest BCUT2D eigenvalue weighted by Gasteiger charge is 2.37. The van der Waals surface area contributed by atoms with E-state index in [-0.39, 0.29) is 11.4 Å². The summed E-state index contributed by atoms with van der Waals surface area (Å²) in [6.07, 6.45) is 2.95. The molecule has 6 rings (SSSR count). The van der Waals surface area contributed by atoms with E-state index < -0.39 is 17.8 Å². The third-order valence-electron chi connectivity index (χ3n) is 6.13. The van der Waals surface area contributed by atoms with Gasteiger partial charge in [-0.2, -0.15) is 0 Å². The fourth-order valence-corrected chi connectivity index (χ4v) is 5.23. The van der Waals surface area contributed by atoms with E-state index in [4.69, 9.17) is 25.9 Å². The van der Waals surface area contributed by atoms with E-state index in [2.05, 4.69) is 9.55 Å². The van der Waals surface area contributed by atoms with E-state index in [9.17, 15) is 9.18 Å². The summed E-state index contributed by atoms with van der Waals surface area (Å²) in [5.41, 5.74) is 13.7. The van der Waals surface area contributed by atoms with Gasteiger partial charge in [-0.25, -0.2) is 14.4 Å². The molecular weight excluding hydrogens is 445 g/mol. The Kier molecular flexibility index (Phi) is 4.65. The normalized spacial score (nSPS) is 16.9. The van der Waals surface area contributed by atoms with E-state index >= 15 is 0 Å². The van der Waals surface area contributed by atoms with Gasteiger partial charge >= 0.3 is 0 Å². The molecule has 170 valence electrons. The minimum absolute atomic E-state index is 0.149. The SMILES string of the molecule is NC(=O)[C@H](Oc1cc2c3c(c1)nc(-c1cc(F)c4nc(N)sc4c1)n3CCCCO2)C1CC1. The molecule has 0 bridgehead atoms. The number of hydrogen-bond donors (Lipinski definition) is 2. The van der Waals surface area contributed by atoms with Crippen LogP contribution in [-0.4, -0.2) is 33.2 Å². The van der Waals surface area contributed by atoms with Crippen LogP contribution in [0.2, 0.25) is 0 Å². The van der Waals surface area contributed by atoms with E-state index in [1.54, 1.807) is 12.1 Å². The highest BCUT2D eigenvalue weighted by atomic mass is 32.1. The van der Waals surface area contributed by atoms with Crippen LogP contribution < -0.4 is 20.9 Å². The van der Waals surface area contributed by atoms with Gasteiger partial charge in [-0.15, -0.1) is 0 Å². The van der Waals surface area contributed by atoms with Crippen LogP contribution in [0.3, 0.4) is 0 Å². The Labute approximate surface area is 192 Å². The van der Waals surface area contributed by atoms with Crippen LogP contribution in [0.1, 0.15) is 25.7 Å². The number of fused-ring (bicyclic) bond motifs is 1. The number of rotatable bonds is 5. The number of halogens is 1. The maximum absolute atomic E-state index is 14.8. The number of aryl methyl sites for hydroxylation is 1. The number of ether oxygens (including phenoxy) is 2. The average Bonchev–Trinajstić information content (AvgIpc) is 3.42. The van der Waals surface area contributed by atoms with Gasteiger partial charge in [0, 0.05) is 30.2 Å². The second-order valence-corrected chi connectivity index (χ2v) is 9.63. The van der Waals surface area contributed by atoms with E-state index in [0.717, 1.165) is 37.7 Å². The molecule has 10 heteroatoms. The lowest BCUT2D eigenvalue weighted by Crippen LogP contribution is -2.35. The second-order valence-electron chi connectivity index (χ2n) is 8.57. The Hall–Kier alpha value is -3.40. The average molecular weight is 468 g/mol. The molecule has 4 N–H and O–H groups in total. The molecule has 3 heterocycles. The molecule has 1 fully saturated rings. The predicted molar refractivity (Wildman–Crippen MR) is 124 cm³/mol. The number of benzene rings is 2. The summed E-state index contributed by atoms with van der Waals surface area (Å²) in [6, 6.07) is 6.90. The number of nitrogen functional groups attached to an aromatic ring is 1. The smallest absolute Gasteiger partial charge is 0.258 e. The van der Waals surface area contributed by atoms with Crippen molar-refractivity contribution in [2.75, 3.05) is 12.3 Å². The van der Waals surface area contributed by atoms with Crippen molar-refractivity contribution in [3.05, 3.63) is 30.1 Å². The highest BCUT2D eigenvalue weighted by Crippen LogP contribution is 2.40. The number of nitrogens with zero attached hydrogens (tertiary/aromatic N) is 3. The van der Waals surface area contributed by atoms with Crippen LogP contribution in [-0.2, 0) is 11.3 Å². The lowest BCUT2D eigenvalue weighted by Gasteiger charge is -2.19. The molecule has 0 spiro atoms. The minimum atomic E-state index is -0.668. The number of carbonyl (C=O) groups excluding carboxylic acids is 1. The molecule has 0 unspecified atom stereocenters. The standard InChI is InChI=1S/C23H22FN5O3S/c24-14-7-12(8-17-18(14)28-23(26)33-17)22-27-15-9-13(32-20(21(25)30)11-3-4-11)10-16-19(15)29(22)5-1-2-6-31-16/h7-11,20H,1-6H2,(H2,25,30)(H2,26,28)/t20-/m1/s1. The topological polar surface area (TPSA) is 118 Å². The van der Waals surface area contributed by atoms with Crippen molar-refractivity contribution in [3.8, 4) is 22.9 Å². The monoisotopic (exact) mass is 467 g/mol. The van der Waals surface area contributed by atoms with Crippen LogP contribution in [0.15, 0.2) is 24.3 Å². The van der Waals surface area contributed by atoms with Crippen LogP contribution >= 0.6 is 11.3 Å². The zero-order valence-corrected chi connectivity index (χ0v) is 18.5. The van der Waals surface area contributed by atoms with Crippen LogP contribution in [0.4, 0.5) is 9.52 Å². The van der Waals surface area contributed by atoms with Crippen molar-refractivity contribution >= 4 is 43.6 Å². The van der Waals surface area contributed by atoms with Gasteiger partial charge in [0.25, 0.3) is 5.91 Å². The molecule has 8 nitrogen and oxygen atoms in total. The summed E-state index contributed by atoms with van der Waals surface area (Å²) in [7, 11) is 0. The van der Waals surface area contributed by atoms with Gasteiger partial charge in [-0.3, -0.25) is 4.79 Å². The van der Waals surface area contributed by atoms with Crippen molar-refractivity contribution in [1.82, 2.24) is 14.5 Å². The Morgan fingerprint density at radius 1 is 1.24 bits per heavy atom. The Bertz CT molecular complexity index is 1410. The van der Waals surface area contributed by atoms with Gasteiger partial charge in [-0.05, 0) is 37.8 Å². The number of nitrogens with two attached hydrogens (primary N) is 2. The van der Waals surface area contributed by atoms with E-state index in [1.807, 2.05) is 6.07 Å². The molecule has 2 aromatic heterocycles. The lowest BCUT2D eigenvalue weighted by atomic mass is 10.2. The molecule has 4 aromatic rings. The van der Waals surface area contributed by atoms with Gasteiger partial charge in [0.2, 0.25) is 0 Å². The number of imidazole rings is 1. The third kappa shape index (κ3) is 3.54. The number of thiazole rings is 1. The van der Waals surface area contributed by atoms with Crippen molar-refractivity contribution in [2.24, 2.45) is 11.7 Å². The summed E-state index contributed by atoms with van der Waals surface area (Å²) in [5, 5.41) is 0.320.